The molecule has 0 aromatic heterocycles. The third-order valence-corrected chi connectivity index (χ3v) is 9.09. The van der Waals surface area contributed by atoms with Crippen molar-refractivity contribution >= 4 is 25.7 Å². The first kappa shape index (κ1) is 48.7. The minimum Gasteiger partial charge on any atom is -0.480 e. The van der Waals surface area contributed by atoms with Gasteiger partial charge in [-0.25, -0.2) is 4.57 Å². The number of aliphatic carboxylic acids is 1. The molecule has 0 aliphatic carbocycles. The summed E-state index contributed by atoms with van der Waals surface area (Å²) in [6.07, 6.45) is 35.1. The molecule has 0 saturated heterocycles. The van der Waals surface area contributed by atoms with Gasteiger partial charge in [0, 0.05) is 12.8 Å². The first-order chi connectivity index (χ1) is 24.6. The number of carbonyl (C=O) groups is 3. The van der Waals surface area contributed by atoms with Crippen molar-refractivity contribution in [1.29, 1.82) is 0 Å². The number of allylic oxidation sites excluding steroid dienone is 6. The highest BCUT2D eigenvalue weighted by Gasteiger charge is 2.28. The maximum atomic E-state index is 12.5. The van der Waals surface area contributed by atoms with Crippen molar-refractivity contribution in [1.82, 2.24) is 0 Å². The van der Waals surface area contributed by atoms with Gasteiger partial charge in [0.25, 0.3) is 0 Å². The van der Waals surface area contributed by atoms with Gasteiger partial charge in [0.2, 0.25) is 0 Å². The van der Waals surface area contributed by atoms with Crippen molar-refractivity contribution in [3.05, 3.63) is 36.5 Å². The number of esters is 2. The SMILES string of the molecule is CCCCCCCC/C=C/C/C=C/C/C=C/CCCC(=O)O[C@@H](COC(=O)CCCCCCCCCCCC)COP(=O)(O)OC[C@H](N)C(=O)O. The largest absolute Gasteiger partial charge is 0.480 e. The Morgan fingerprint density at radius 2 is 1.06 bits per heavy atom. The zero-order valence-corrected chi connectivity index (χ0v) is 32.6. The molecule has 0 aromatic carbocycles. The van der Waals surface area contributed by atoms with E-state index < -0.39 is 51.1 Å². The van der Waals surface area contributed by atoms with Crippen molar-refractivity contribution in [3.63, 3.8) is 0 Å². The summed E-state index contributed by atoms with van der Waals surface area (Å²) in [5, 5.41) is 8.85. The summed E-state index contributed by atoms with van der Waals surface area (Å²) in [4.78, 5) is 45.7. The number of rotatable bonds is 36. The molecule has 0 saturated carbocycles. The summed E-state index contributed by atoms with van der Waals surface area (Å²) in [6, 6.07) is -1.53. The standard InChI is InChI=1S/C39H70NO10P/c1-3-5-7-9-11-13-15-16-17-18-19-20-21-23-25-27-29-31-38(42)50-35(33-48-51(45,46)49-34-36(40)39(43)44)32-47-37(41)30-28-26-24-22-14-12-10-8-6-4-2/h16-17,19-20,23,25,35-36H,3-15,18,21-22,24,26-34,40H2,1-2H3,(H,43,44)(H,45,46)/b17-16+,20-19+,25-23+/t35-,36-/m0/s1. The Balaban J connectivity index is 4.51. The number of carboxylic acids is 1. The van der Waals surface area contributed by atoms with E-state index >= 15 is 0 Å². The predicted octanol–water partition coefficient (Wildman–Crippen LogP) is 9.67. The zero-order chi connectivity index (χ0) is 37.8. The van der Waals surface area contributed by atoms with Crippen LogP contribution in [0, 0.1) is 0 Å². The lowest BCUT2D eigenvalue weighted by molar-refractivity contribution is -0.161. The average Bonchev–Trinajstić information content (AvgIpc) is 3.10. The fraction of sp³-hybridized carbons (Fsp3) is 0.769. The average molecular weight is 744 g/mol. The Kier molecular flexibility index (Phi) is 33.2. The van der Waals surface area contributed by atoms with Gasteiger partial charge in [0.05, 0.1) is 13.2 Å². The first-order valence-corrected chi connectivity index (χ1v) is 21.0. The van der Waals surface area contributed by atoms with E-state index in [1.54, 1.807) is 0 Å². The van der Waals surface area contributed by atoms with Gasteiger partial charge in [-0.1, -0.05) is 140 Å². The van der Waals surface area contributed by atoms with Gasteiger partial charge in [-0.2, -0.15) is 0 Å². The van der Waals surface area contributed by atoms with Crippen molar-refractivity contribution in [2.75, 3.05) is 19.8 Å². The third-order valence-electron chi connectivity index (χ3n) is 8.14. The molecule has 0 aliphatic rings. The normalized spacial score (nSPS) is 14.3. The first-order valence-electron chi connectivity index (χ1n) is 19.5. The van der Waals surface area contributed by atoms with Gasteiger partial charge in [-0.05, 0) is 44.9 Å². The minimum atomic E-state index is -4.72. The van der Waals surface area contributed by atoms with Crippen molar-refractivity contribution in [2.24, 2.45) is 5.73 Å². The summed E-state index contributed by atoms with van der Waals surface area (Å²) in [7, 11) is -4.72. The highest BCUT2D eigenvalue weighted by Crippen LogP contribution is 2.43. The summed E-state index contributed by atoms with van der Waals surface area (Å²) in [5.74, 6) is -2.45. The second kappa shape index (κ2) is 34.8. The highest BCUT2D eigenvalue weighted by atomic mass is 31.2. The summed E-state index contributed by atoms with van der Waals surface area (Å²) < 4.78 is 32.5. The summed E-state index contributed by atoms with van der Waals surface area (Å²) in [5.41, 5.74) is 5.31. The van der Waals surface area contributed by atoms with Crippen molar-refractivity contribution in [3.8, 4) is 0 Å². The molecule has 51 heavy (non-hydrogen) atoms. The van der Waals surface area contributed by atoms with E-state index in [2.05, 4.69) is 42.7 Å². The number of hydrogen-bond acceptors (Lipinski definition) is 9. The summed E-state index contributed by atoms with van der Waals surface area (Å²) >= 11 is 0. The fourth-order valence-corrected chi connectivity index (χ4v) is 5.80. The van der Waals surface area contributed by atoms with Crippen LogP contribution in [-0.4, -0.2) is 59.9 Å². The monoisotopic (exact) mass is 743 g/mol. The molecular formula is C39H70NO10P. The second-order valence-corrected chi connectivity index (χ2v) is 14.5. The molecule has 0 bridgehead atoms. The van der Waals surface area contributed by atoms with E-state index in [0.29, 0.717) is 19.3 Å². The van der Waals surface area contributed by atoms with Gasteiger partial charge in [0.1, 0.15) is 12.6 Å². The number of carbonyl (C=O) groups excluding carboxylic acids is 2. The number of unbranched alkanes of at least 4 members (excludes halogenated alkanes) is 16. The van der Waals surface area contributed by atoms with Gasteiger partial charge in [0.15, 0.2) is 6.10 Å². The topological polar surface area (TPSA) is 172 Å². The molecule has 0 amide bonds. The maximum absolute atomic E-state index is 12.5. The lowest BCUT2D eigenvalue weighted by Crippen LogP contribution is -2.34. The zero-order valence-electron chi connectivity index (χ0n) is 31.7. The van der Waals surface area contributed by atoms with Crippen LogP contribution in [0.2, 0.25) is 0 Å². The molecule has 0 rings (SSSR count). The Bertz CT molecular complexity index is 1020. The third kappa shape index (κ3) is 34.5. The lowest BCUT2D eigenvalue weighted by Gasteiger charge is -2.20. The van der Waals surface area contributed by atoms with Crippen LogP contribution in [0.1, 0.15) is 162 Å². The van der Waals surface area contributed by atoms with Gasteiger partial charge in [-0.3, -0.25) is 23.4 Å². The molecule has 0 fully saturated rings. The number of hydrogen-bond donors (Lipinski definition) is 3. The van der Waals surface area contributed by atoms with Gasteiger partial charge >= 0.3 is 25.7 Å². The smallest absolute Gasteiger partial charge is 0.472 e. The molecule has 3 atom stereocenters. The van der Waals surface area contributed by atoms with E-state index in [-0.39, 0.29) is 19.4 Å². The molecule has 4 N–H and O–H groups in total. The molecule has 0 heterocycles. The van der Waals surface area contributed by atoms with Gasteiger partial charge < -0.3 is 25.2 Å². The van der Waals surface area contributed by atoms with Crippen molar-refractivity contribution in [2.45, 2.75) is 174 Å². The molecule has 0 spiro atoms. The second-order valence-electron chi connectivity index (χ2n) is 13.1. The van der Waals surface area contributed by atoms with E-state index in [4.69, 9.17) is 24.8 Å². The van der Waals surface area contributed by atoms with E-state index in [1.807, 2.05) is 12.2 Å². The molecule has 0 aliphatic heterocycles. The van der Waals surface area contributed by atoms with Crippen molar-refractivity contribution < 1.29 is 47.5 Å². The van der Waals surface area contributed by atoms with Crippen LogP contribution in [0.5, 0.6) is 0 Å². The molecule has 296 valence electrons. The molecular weight excluding hydrogens is 673 g/mol. The van der Waals surface area contributed by atoms with E-state index in [0.717, 1.165) is 38.5 Å². The number of ether oxygens (including phenoxy) is 2. The van der Waals surface area contributed by atoms with Crippen LogP contribution in [-0.2, 0) is 37.5 Å². The van der Waals surface area contributed by atoms with Crippen LogP contribution in [0.15, 0.2) is 36.5 Å². The van der Waals surface area contributed by atoms with Gasteiger partial charge in [-0.15, -0.1) is 0 Å². The lowest BCUT2D eigenvalue weighted by atomic mass is 10.1. The minimum absolute atomic E-state index is 0.0907. The van der Waals surface area contributed by atoms with Crippen LogP contribution in [0.3, 0.4) is 0 Å². The molecule has 1 unspecified atom stereocenters. The highest BCUT2D eigenvalue weighted by molar-refractivity contribution is 7.47. The molecule has 11 nitrogen and oxygen atoms in total. The number of nitrogens with two attached hydrogens (primary N) is 1. The quantitative estimate of drug-likeness (QED) is 0.0241. The van der Waals surface area contributed by atoms with Crippen LogP contribution >= 0.6 is 7.82 Å². The number of carboxylic acid groups (broad SMARTS) is 1. The number of phosphoric ester groups is 1. The van der Waals surface area contributed by atoms with Crippen LogP contribution in [0.4, 0.5) is 0 Å². The Hall–Kier alpha value is -2.30. The van der Waals surface area contributed by atoms with E-state index in [1.165, 1.54) is 77.0 Å². The van der Waals surface area contributed by atoms with Crippen LogP contribution < -0.4 is 5.73 Å². The molecule has 0 aromatic rings. The predicted molar refractivity (Wildman–Crippen MR) is 203 cm³/mol. The molecule has 0 radical (unpaired) electrons. The van der Waals surface area contributed by atoms with Crippen LogP contribution in [0.25, 0.3) is 0 Å². The fourth-order valence-electron chi connectivity index (χ4n) is 5.02. The summed E-state index contributed by atoms with van der Waals surface area (Å²) in [6.45, 7) is 2.71. The molecule has 12 heteroatoms. The Labute approximate surface area is 308 Å². The maximum Gasteiger partial charge on any atom is 0.472 e. The Morgan fingerprint density at radius 3 is 1.61 bits per heavy atom. The number of phosphoric acid groups is 1. The van der Waals surface area contributed by atoms with E-state index in [9.17, 15) is 23.8 Å². The Morgan fingerprint density at radius 1 is 0.608 bits per heavy atom.